The first kappa shape index (κ1) is 14.1. The lowest BCUT2D eigenvalue weighted by molar-refractivity contribution is -0.131. The van der Waals surface area contributed by atoms with Gasteiger partial charge < -0.3 is 15.3 Å². The van der Waals surface area contributed by atoms with E-state index in [1.165, 1.54) is 0 Å². The number of aliphatic carboxylic acids is 1. The second-order valence-electron chi connectivity index (χ2n) is 4.77. The maximum Gasteiger partial charge on any atom is 0.328 e. The van der Waals surface area contributed by atoms with Gasteiger partial charge in [0.15, 0.2) is 0 Å². The summed E-state index contributed by atoms with van der Waals surface area (Å²) < 4.78 is 0. The number of nitrogens with zero attached hydrogens (tertiary/aromatic N) is 1. The van der Waals surface area contributed by atoms with Gasteiger partial charge in [-0.3, -0.25) is 0 Å². The van der Waals surface area contributed by atoms with Crippen molar-refractivity contribution in [3.05, 3.63) is 12.2 Å². The molecule has 15 heavy (non-hydrogen) atoms. The van der Waals surface area contributed by atoms with E-state index in [2.05, 4.69) is 24.1 Å². The molecule has 0 amide bonds. The molecule has 0 rings (SSSR count). The number of hydrogen-bond acceptors (Lipinski definition) is 3. The molecule has 0 unspecified atom stereocenters. The van der Waals surface area contributed by atoms with Crippen molar-refractivity contribution < 1.29 is 9.90 Å². The van der Waals surface area contributed by atoms with Gasteiger partial charge in [-0.05, 0) is 19.5 Å². The highest BCUT2D eigenvalue weighted by Crippen LogP contribution is 2.13. The normalized spacial score (nSPS) is 12.6. The second kappa shape index (κ2) is 6.58. The third-order valence-corrected chi connectivity index (χ3v) is 1.87. The third-order valence-electron chi connectivity index (χ3n) is 1.87. The van der Waals surface area contributed by atoms with Crippen LogP contribution in [0, 0.1) is 5.41 Å². The zero-order valence-electron chi connectivity index (χ0n) is 10.1. The molecule has 0 aromatic heterocycles. The van der Waals surface area contributed by atoms with Crippen LogP contribution in [0.5, 0.6) is 0 Å². The average Bonchev–Trinajstić information content (AvgIpc) is 1.99. The molecule has 2 N–H and O–H groups in total. The maximum absolute atomic E-state index is 10.2. The standard InChI is InChI=1S/C11H22N2O2/c1-11(2,9-13(3)4)8-12-7-5-6-10(14)15/h5-6,12H,7-9H2,1-4H3,(H,14,15)/b6-5+. The van der Waals surface area contributed by atoms with Crippen LogP contribution in [-0.4, -0.2) is 49.7 Å². The zero-order chi connectivity index (χ0) is 11.9. The van der Waals surface area contributed by atoms with E-state index < -0.39 is 5.97 Å². The molecule has 0 bridgehead atoms. The monoisotopic (exact) mass is 214 g/mol. The molecule has 4 heteroatoms. The van der Waals surface area contributed by atoms with E-state index in [4.69, 9.17) is 5.11 Å². The van der Waals surface area contributed by atoms with Crippen LogP contribution in [0.25, 0.3) is 0 Å². The quantitative estimate of drug-likeness (QED) is 0.486. The molecule has 0 aromatic carbocycles. The summed E-state index contributed by atoms with van der Waals surface area (Å²) >= 11 is 0. The first-order chi connectivity index (χ1) is 6.83. The van der Waals surface area contributed by atoms with Gasteiger partial charge in [0, 0.05) is 25.7 Å². The van der Waals surface area contributed by atoms with E-state index in [1.807, 2.05) is 14.1 Å². The summed E-state index contributed by atoms with van der Waals surface area (Å²) in [4.78, 5) is 12.3. The van der Waals surface area contributed by atoms with Crippen LogP contribution < -0.4 is 5.32 Å². The highest BCUT2D eigenvalue weighted by atomic mass is 16.4. The molecule has 0 spiro atoms. The second-order valence-corrected chi connectivity index (χ2v) is 4.77. The number of carboxylic acid groups (broad SMARTS) is 1. The largest absolute Gasteiger partial charge is 0.478 e. The van der Waals surface area contributed by atoms with Gasteiger partial charge >= 0.3 is 5.97 Å². The molecule has 88 valence electrons. The summed E-state index contributed by atoms with van der Waals surface area (Å²) in [5.41, 5.74) is 0.195. The van der Waals surface area contributed by atoms with Crippen LogP contribution in [0.1, 0.15) is 13.8 Å². The predicted octanol–water partition coefficient (Wildman–Crippen LogP) is 0.805. The topological polar surface area (TPSA) is 52.6 Å². The fraction of sp³-hybridized carbons (Fsp3) is 0.727. The summed E-state index contributed by atoms with van der Waals surface area (Å²) in [6, 6.07) is 0. The smallest absolute Gasteiger partial charge is 0.328 e. The van der Waals surface area contributed by atoms with Crippen molar-refractivity contribution >= 4 is 5.97 Å². The molecule has 0 aliphatic carbocycles. The Balaban J connectivity index is 3.70. The van der Waals surface area contributed by atoms with Gasteiger partial charge in [0.2, 0.25) is 0 Å². The van der Waals surface area contributed by atoms with Crippen LogP contribution in [0.3, 0.4) is 0 Å². The fourth-order valence-electron chi connectivity index (χ4n) is 1.57. The van der Waals surface area contributed by atoms with Crippen molar-refractivity contribution in [3.63, 3.8) is 0 Å². The number of hydrogen-bond donors (Lipinski definition) is 2. The summed E-state index contributed by atoms with van der Waals surface area (Å²) in [7, 11) is 4.10. The molecule has 0 saturated carbocycles. The van der Waals surface area contributed by atoms with Gasteiger partial charge in [-0.25, -0.2) is 4.79 Å². The molecule has 0 aromatic rings. The van der Waals surface area contributed by atoms with Gasteiger partial charge in [-0.1, -0.05) is 19.9 Å². The predicted molar refractivity (Wildman–Crippen MR) is 62.0 cm³/mol. The summed E-state index contributed by atoms with van der Waals surface area (Å²) in [5, 5.41) is 11.6. The van der Waals surface area contributed by atoms with Crippen molar-refractivity contribution in [2.24, 2.45) is 5.41 Å². The molecule has 0 heterocycles. The van der Waals surface area contributed by atoms with E-state index in [1.54, 1.807) is 6.08 Å². The van der Waals surface area contributed by atoms with Crippen molar-refractivity contribution in [1.82, 2.24) is 10.2 Å². The lowest BCUT2D eigenvalue weighted by atomic mass is 9.93. The molecule has 0 fully saturated rings. The fourth-order valence-corrected chi connectivity index (χ4v) is 1.57. The van der Waals surface area contributed by atoms with Gasteiger partial charge in [-0.15, -0.1) is 0 Å². The van der Waals surface area contributed by atoms with Gasteiger partial charge in [0.1, 0.15) is 0 Å². The molecule has 4 nitrogen and oxygen atoms in total. The van der Waals surface area contributed by atoms with Crippen molar-refractivity contribution in [1.29, 1.82) is 0 Å². The third kappa shape index (κ3) is 9.43. The minimum atomic E-state index is -0.899. The minimum absolute atomic E-state index is 0.195. The van der Waals surface area contributed by atoms with Crippen molar-refractivity contribution in [2.75, 3.05) is 33.7 Å². The Bertz CT molecular complexity index is 223. The lowest BCUT2D eigenvalue weighted by Crippen LogP contribution is -2.37. The van der Waals surface area contributed by atoms with E-state index in [9.17, 15) is 4.79 Å². The Morgan fingerprint density at radius 2 is 2.07 bits per heavy atom. The van der Waals surface area contributed by atoms with Gasteiger partial charge in [-0.2, -0.15) is 0 Å². The highest BCUT2D eigenvalue weighted by Gasteiger charge is 2.17. The van der Waals surface area contributed by atoms with Gasteiger partial charge in [0.25, 0.3) is 0 Å². The number of nitrogens with one attached hydrogen (secondary N) is 1. The van der Waals surface area contributed by atoms with Crippen LogP contribution in [0.2, 0.25) is 0 Å². The Labute approximate surface area is 92.0 Å². The highest BCUT2D eigenvalue weighted by molar-refractivity contribution is 5.79. The van der Waals surface area contributed by atoms with E-state index in [0.717, 1.165) is 19.2 Å². The molecule has 0 aliphatic rings. The van der Waals surface area contributed by atoms with Crippen LogP contribution in [0.15, 0.2) is 12.2 Å². The number of carbonyl (C=O) groups is 1. The Morgan fingerprint density at radius 1 is 1.47 bits per heavy atom. The number of carboxylic acids is 1. The van der Waals surface area contributed by atoms with E-state index in [0.29, 0.717) is 6.54 Å². The molecular formula is C11H22N2O2. The lowest BCUT2D eigenvalue weighted by Gasteiger charge is -2.28. The first-order valence-electron chi connectivity index (χ1n) is 5.08. The molecule has 0 saturated heterocycles. The number of rotatable bonds is 7. The molecular weight excluding hydrogens is 192 g/mol. The Hall–Kier alpha value is -0.870. The first-order valence-corrected chi connectivity index (χ1v) is 5.08. The minimum Gasteiger partial charge on any atom is -0.478 e. The van der Waals surface area contributed by atoms with Crippen molar-refractivity contribution in [2.45, 2.75) is 13.8 Å². The van der Waals surface area contributed by atoms with Crippen molar-refractivity contribution in [3.8, 4) is 0 Å². The maximum atomic E-state index is 10.2. The Morgan fingerprint density at radius 3 is 2.53 bits per heavy atom. The van der Waals surface area contributed by atoms with Crippen LogP contribution in [0.4, 0.5) is 0 Å². The van der Waals surface area contributed by atoms with E-state index >= 15 is 0 Å². The van der Waals surface area contributed by atoms with E-state index in [-0.39, 0.29) is 5.41 Å². The molecule has 0 aliphatic heterocycles. The Kier molecular flexibility index (Phi) is 6.20. The van der Waals surface area contributed by atoms with Crippen LogP contribution >= 0.6 is 0 Å². The zero-order valence-corrected chi connectivity index (χ0v) is 10.1. The average molecular weight is 214 g/mol. The molecule has 0 atom stereocenters. The van der Waals surface area contributed by atoms with Crippen LogP contribution in [-0.2, 0) is 4.79 Å². The van der Waals surface area contributed by atoms with Gasteiger partial charge in [0.05, 0.1) is 0 Å². The summed E-state index contributed by atoms with van der Waals surface area (Å²) in [6.45, 7) is 6.84. The SMILES string of the molecule is CN(C)CC(C)(C)CNC/C=C/C(=O)O. The summed E-state index contributed by atoms with van der Waals surface area (Å²) in [5.74, 6) is -0.899. The molecule has 0 radical (unpaired) electrons. The summed E-state index contributed by atoms with van der Waals surface area (Å²) in [6.07, 6.45) is 2.78.